The van der Waals surface area contributed by atoms with E-state index in [2.05, 4.69) is 32.9 Å². The largest absolute Gasteiger partial charge is 0.462 e. The summed E-state index contributed by atoms with van der Waals surface area (Å²) in [5, 5.41) is 0. The Bertz CT molecular complexity index is 1170. The highest BCUT2D eigenvalue weighted by Gasteiger charge is 2.19. The SMILES string of the molecule is CCCCCCCCCC/C=C\CCCCCCCCCCCCCCCC(=O)OCC(COC(=O)CCCCCCCCCCC)OC(=O)CCCCCCCCCCCCCCCCCCCCCCCCC. The number of carbonyl (C=O) groups is 3. The van der Waals surface area contributed by atoms with Gasteiger partial charge in [-0.1, -0.05) is 341 Å². The van der Waals surface area contributed by atoms with E-state index >= 15 is 0 Å². The lowest BCUT2D eigenvalue weighted by Crippen LogP contribution is -2.30. The quantitative estimate of drug-likeness (QED) is 0.0261. The zero-order chi connectivity index (χ0) is 54.3. The number of ether oxygens (including phenoxy) is 3. The predicted molar refractivity (Wildman–Crippen MR) is 326 cm³/mol. The average Bonchev–Trinajstić information content (AvgIpc) is 3.41. The molecule has 0 saturated heterocycles. The topological polar surface area (TPSA) is 78.9 Å². The molecule has 0 bridgehead atoms. The zero-order valence-corrected chi connectivity index (χ0v) is 51.1. The van der Waals surface area contributed by atoms with Gasteiger partial charge in [0.1, 0.15) is 13.2 Å². The van der Waals surface area contributed by atoms with E-state index in [4.69, 9.17) is 14.2 Å². The molecule has 75 heavy (non-hydrogen) atoms. The molecule has 0 aliphatic rings. The van der Waals surface area contributed by atoms with Crippen LogP contribution in [0.3, 0.4) is 0 Å². The summed E-state index contributed by atoms with van der Waals surface area (Å²) in [6.45, 7) is 6.70. The maximum atomic E-state index is 12.9. The number of rotatable bonds is 64. The van der Waals surface area contributed by atoms with Gasteiger partial charge in [0.25, 0.3) is 0 Å². The van der Waals surface area contributed by atoms with Crippen molar-refractivity contribution in [2.24, 2.45) is 0 Å². The maximum absolute atomic E-state index is 12.9. The minimum absolute atomic E-state index is 0.0634. The molecule has 1 unspecified atom stereocenters. The molecule has 0 aromatic rings. The van der Waals surface area contributed by atoms with Gasteiger partial charge in [0, 0.05) is 19.3 Å². The summed E-state index contributed by atoms with van der Waals surface area (Å²) in [7, 11) is 0. The van der Waals surface area contributed by atoms with E-state index in [9.17, 15) is 14.4 Å². The molecule has 0 spiro atoms. The van der Waals surface area contributed by atoms with Crippen molar-refractivity contribution in [3.05, 3.63) is 12.2 Å². The van der Waals surface area contributed by atoms with Gasteiger partial charge in [-0.25, -0.2) is 0 Å². The lowest BCUT2D eigenvalue weighted by molar-refractivity contribution is -0.167. The van der Waals surface area contributed by atoms with Crippen molar-refractivity contribution >= 4 is 17.9 Å². The Balaban J connectivity index is 4.11. The maximum Gasteiger partial charge on any atom is 0.306 e. The normalized spacial score (nSPS) is 12.0. The second-order valence-electron chi connectivity index (χ2n) is 23.5. The standard InChI is InChI=1S/C69H132O6/c1-4-7-10-13-16-19-21-23-25-27-29-31-33-34-36-37-39-41-43-45-47-50-53-56-59-62-68(71)74-65-66(64-73-67(70)61-58-55-52-49-18-15-12-9-6-3)75-69(72)63-60-57-54-51-48-46-44-42-40-38-35-32-30-28-26-24-22-20-17-14-11-8-5-2/h27,29,66H,4-26,28,30-65H2,1-3H3/b29-27-. The molecule has 0 fully saturated rings. The molecule has 0 saturated carbocycles. The van der Waals surface area contributed by atoms with Crippen molar-refractivity contribution in [2.75, 3.05) is 13.2 Å². The van der Waals surface area contributed by atoms with Gasteiger partial charge >= 0.3 is 17.9 Å². The fraction of sp³-hybridized carbons (Fsp3) is 0.928. The Morgan fingerprint density at radius 1 is 0.253 bits per heavy atom. The van der Waals surface area contributed by atoms with E-state index in [1.807, 2.05) is 0 Å². The van der Waals surface area contributed by atoms with Crippen molar-refractivity contribution in [3.8, 4) is 0 Å². The number of esters is 3. The van der Waals surface area contributed by atoms with E-state index < -0.39 is 6.10 Å². The fourth-order valence-corrected chi connectivity index (χ4v) is 10.6. The van der Waals surface area contributed by atoms with Crippen LogP contribution in [0.25, 0.3) is 0 Å². The molecule has 0 N–H and O–H groups in total. The van der Waals surface area contributed by atoms with Gasteiger partial charge in [-0.05, 0) is 44.9 Å². The van der Waals surface area contributed by atoms with Crippen molar-refractivity contribution in [1.29, 1.82) is 0 Å². The Labute approximate surface area is 469 Å². The molecule has 0 radical (unpaired) electrons. The summed E-state index contributed by atoms with van der Waals surface area (Å²) in [4.78, 5) is 38.2. The molecular formula is C69H132O6. The van der Waals surface area contributed by atoms with E-state index in [1.165, 1.54) is 295 Å². The molecular weight excluding hydrogens is 925 g/mol. The third-order valence-corrected chi connectivity index (χ3v) is 15.8. The molecule has 0 amide bonds. The van der Waals surface area contributed by atoms with Gasteiger partial charge in [-0.3, -0.25) is 14.4 Å². The lowest BCUT2D eigenvalue weighted by atomic mass is 10.0. The summed E-state index contributed by atoms with van der Waals surface area (Å²) in [5.41, 5.74) is 0. The highest BCUT2D eigenvalue weighted by Crippen LogP contribution is 2.19. The molecule has 0 aromatic carbocycles. The molecule has 0 aliphatic heterocycles. The second kappa shape index (κ2) is 64.7. The molecule has 1 atom stereocenters. The number of hydrogen-bond donors (Lipinski definition) is 0. The Morgan fingerprint density at radius 3 is 0.667 bits per heavy atom. The van der Waals surface area contributed by atoms with E-state index in [0.29, 0.717) is 19.3 Å². The summed E-state index contributed by atoms with van der Waals surface area (Å²) in [6.07, 6.45) is 76.8. The van der Waals surface area contributed by atoms with Crippen LogP contribution in [0.1, 0.15) is 393 Å². The summed E-state index contributed by atoms with van der Waals surface area (Å²) in [5.74, 6) is -0.835. The van der Waals surface area contributed by atoms with Crippen LogP contribution >= 0.6 is 0 Å². The predicted octanol–water partition coefficient (Wildman–Crippen LogP) is 23.2. The van der Waals surface area contributed by atoms with E-state index in [1.54, 1.807) is 0 Å². The minimum atomic E-state index is -0.764. The van der Waals surface area contributed by atoms with Crippen LogP contribution in [0.2, 0.25) is 0 Å². The van der Waals surface area contributed by atoms with Crippen LogP contribution in [0, 0.1) is 0 Å². The second-order valence-corrected chi connectivity index (χ2v) is 23.5. The third kappa shape index (κ3) is 62.9. The first kappa shape index (κ1) is 73.2. The zero-order valence-electron chi connectivity index (χ0n) is 51.1. The third-order valence-electron chi connectivity index (χ3n) is 15.8. The van der Waals surface area contributed by atoms with Crippen molar-refractivity contribution < 1.29 is 28.6 Å². The van der Waals surface area contributed by atoms with Crippen LogP contribution in [0.4, 0.5) is 0 Å². The van der Waals surface area contributed by atoms with Gasteiger partial charge in [0.05, 0.1) is 0 Å². The highest BCUT2D eigenvalue weighted by atomic mass is 16.6. The molecule has 0 aromatic heterocycles. The Morgan fingerprint density at radius 2 is 0.440 bits per heavy atom. The van der Waals surface area contributed by atoms with Crippen LogP contribution < -0.4 is 0 Å². The lowest BCUT2D eigenvalue weighted by Gasteiger charge is -2.18. The molecule has 0 heterocycles. The van der Waals surface area contributed by atoms with Crippen molar-refractivity contribution in [2.45, 2.75) is 399 Å². The Kier molecular flexibility index (Phi) is 63.1. The summed E-state index contributed by atoms with van der Waals surface area (Å²) >= 11 is 0. The van der Waals surface area contributed by atoms with Gasteiger partial charge < -0.3 is 14.2 Å². The van der Waals surface area contributed by atoms with Crippen LogP contribution in [-0.2, 0) is 28.6 Å². The first-order valence-electron chi connectivity index (χ1n) is 34.2. The molecule has 6 heteroatoms. The number of unbranched alkanes of at least 4 members (excludes halogenated alkanes) is 51. The van der Waals surface area contributed by atoms with Crippen molar-refractivity contribution in [3.63, 3.8) is 0 Å². The van der Waals surface area contributed by atoms with E-state index in [-0.39, 0.29) is 31.1 Å². The molecule has 6 nitrogen and oxygen atoms in total. The summed E-state index contributed by atoms with van der Waals surface area (Å²) < 4.78 is 16.9. The highest BCUT2D eigenvalue weighted by molar-refractivity contribution is 5.71. The van der Waals surface area contributed by atoms with Gasteiger partial charge in [0.2, 0.25) is 0 Å². The van der Waals surface area contributed by atoms with Gasteiger partial charge in [-0.15, -0.1) is 0 Å². The first-order chi connectivity index (χ1) is 37.0. The first-order valence-corrected chi connectivity index (χ1v) is 34.2. The number of carbonyl (C=O) groups excluding carboxylic acids is 3. The Hall–Kier alpha value is -1.85. The minimum Gasteiger partial charge on any atom is -0.462 e. The van der Waals surface area contributed by atoms with Crippen LogP contribution in [0.15, 0.2) is 12.2 Å². The van der Waals surface area contributed by atoms with E-state index in [0.717, 1.165) is 57.8 Å². The van der Waals surface area contributed by atoms with Crippen LogP contribution in [0.5, 0.6) is 0 Å². The molecule has 444 valence electrons. The van der Waals surface area contributed by atoms with Gasteiger partial charge in [0.15, 0.2) is 6.10 Å². The van der Waals surface area contributed by atoms with Crippen LogP contribution in [-0.4, -0.2) is 37.2 Å². The fourth-order valence-electron chi connectivity index (χ4n) is 10.6. The number of allylic oxidation sites excluding steroid dienone is 2. The smallest absolute Gasteiger partial charge is 0.306 e. The molecule has 0 rings (SSSR count). The van der Waals surface area contributed by atoms with Crippen molar-refractivity contribution in [1.82, 2.24) is 0 Å². The summed E-state index contributed by atoms with van der Waals surface area (Å²) in [6, 6.07) is 0. The van der Waals surface area contributed by atoms with Gasteiger partial charge in [-0.2, -0.15) is 0 Å². The monoisotopic (exact) mass is 1060 g/mol. The number of hydrogen-bond acceptors (Lipinski definition) is 6. The average molecular weight is 1060 g/mol. The molecule has 0 aliphatic carbocycles.